The molecule has 1 aromatic rings. The number of halogens is 2. The Bertz CT molecular complexity index is 472. The fourth-order valence-corrected chi connectivity index (χ4v) is 3.06. The van der Waals surface area contributed by atoms with E-state index in [1.165, 1.54) is 31.7 Å². The lowest BCUT2D eigenvalue weighted by molar-refractivity contribution is 0.0670. The highest BCUT2D eigenvalue weighted by molar-refractivity contribution is 5.74. The number of nitrogens with zero attached hydrogens (tertiary/aromatic N) is 3. The van der Waals surface area contributed by atoms with Crippen LogP contribution < -0.4 is 5.32 Å². The standard InChI is InChI=1S/C15H24F2N4O/c1-2-20(12-6-4-3-5-7-12)15(22)19-9-8-13-18-10-11-21(13)14(16)17/h10-12,14H,2-9H2,1H3,(H,19,22). The van der Waals surface area contributed by atoms with Crippen LogP contribution in [-0.2, 0) is 6.42 Å². The summed E-state index contributed by atoms with van der Waals surface area (Å²) in [5.74, 6) is 0.288. The molecule has 1 fully saturated rings. The third-order valence-electron chi connectivity index (χ3n) is 4.20. The topological polar surface area (TPSA) is 50.2 Å². The average Bonchev–Trinajstić information content (AvgIpc) is 2.98. The second-order valence-electron chi connectivity index (χ2n) is 5.59. The Hall–Kier alpha value is -1.66. The van der Waals surface area contributed by atoms with E-state index < -0.39 is 6.55 Å². The number of hydrogen-bond acceptors (Lipinski definition) is 2. The Morgan fingerprint density at radius 3 is 2.82 bits per heavy atom. The molecule has 7 heteroatoms. The number of nitrogens with one attached hydrogen (secondary N) is 1. The molecule has 2 amide bonds. The molecule has 5 nitrogen and oxygen atoms in total. The number of rotatable bonds is 6. The average molecular weight is 314 g/mol. The normalized spacial score (nSPS) is 16.0. The minimum absolute atomic E-state index is 0.107. The van der Waals surface area contributed by atoms with Gasteiger partial charge in [-0.1, -0.05) is 19.3 Å². The van der Waals surface area contributed by atoms with E-state index in [2.05, 4.69) is 10.3 Å². The second kappa shape index (κ2) is 8.10. The van der Waals surface area contributed by atoms with Gasteiger partial charge < -0.3 is 10.2 Å². The first-order valence-corrected chi connectivity index (χ1v) is 7.97. The Labute approximate surface area is 129 Å². The van der Waals surface area contributed by atoms with E-state index in [-0.39, 0.29) is 11.9 Å². The first-order chi connectivity index (χ1) is 10.6. The van der Waals surface area contributed by atoms with Crippen molar-refractivity contribution in [3.05, 3.63) is 18.2 Å². The number of urea groups is 1. The van der Waals surface area contributed by atoms with Gasteiger partial charge in [0.05, 0.1) is 0 Å². The van der Waals surface area contributed by atoms with Crippen LogP contribution in [0.15, 0.2) is 12.4 Å². The molecule has 1 aliphatic rings. The molecular weight excluding hydrogens is 290 g/mol. The van der Waals surface area contributed by atoms with Crippen LogP contribution in [-0.4, -0.2) is 39.6 Å². The molecule has 0 bridgehead atoms. The van der Waals surface area contributed by atoms with Crippen LogP contribution in [0.2, 0.25) is 0 Å². The SMILES string of the molecule is CCN(C(=O)NCCc1nccn1C(F)F)C1CCCCC1. The van der Waals surface area contributed by atoms with E-state index in [9.17, 15) is 13.6 Å². The summed E-state index contributed by atoms with van der Waals surface area (Å²) in [5, 5.41) is 2.82. The van der Waals surface area contributed by atoms with Crippen LogP contribution in [0.4, 0.5) is 13.6 Å². The molecule has 0 aliphatic heterocycles. The van der Waals surface area contributed by atoms with Crippen LogP contribution in [0.3, 0.4) is 0 Å². The van der Waals surface area contributed by atoms with E-state index >= 15 is 0 Å². The summed E-state index contributed by atoms with van der Waals surface area (Å²) >= 11 is 0. The molecule has 1 aliphatic carbocycles. The van der Waals surface area contributed by atoms with E-state index in [4.69, 9.17) is 0 Å². The molecule has 0 spiro atoms. The van der Waals surface area contributed by atoms with Gasteiger partial charge in [-0.2, -0.15) is 8.78 Å². The number of aromatic nitrogens is 2. The number of amides is 2. The van der Waals surface area contributed by atoms with Crippen molar-refractivity contribution in [3.8, 4) is 0 Å². The second-order valence-corrected chi connectivity index (χ2v) is 5.59. The molecule has 0 unspecified atom stereocenters. The number of alkyl halides is 2. The maximum Gasteiger partial charge on any atom is 0.319 e. The van der Waals surface area contributed by atoms with Crippen LogP contribution in [0.1, 0.15) is 51.4 Å². The maximum atomic E-state index is 12.7. The van der Waals surface area contributed by atoms with Crippen LogP contribution >= 0.6 is 0 Å². The zero-order chi connectivity index (χ0) is 15.9. The molecule has 0 aromatic carbocycles. The minimum atomic E-state index is -2.59. The molecule has 1 aromatic heterocycles. The lowest BCUT2D eigenvalue weighted by Gasteiger charge is -2.33. The highest BCUT2D eigenvalue weighted by atomic mass is 19.3. The van der Waals surface area contributed by atoms with Crippen molar-refractivity contribution in [2.75, 3.05) is 13.1 Å². The zero-order valence-electron chi connectivity index (χ0n) is 13.0. The third-order valence-corrected chi connectivity index (χ3v) is 4.20. The van der Waals surface area contributed by atoms with Crippen LogP contribution in [0, 0.1) is 0 Å². The van der Waals surface area contributed by atoms with Crippen molar-refractivity contribution in [1.29, 1.82) is 0 Å². The predicted octanol–water partition coefficient (Wildman–Crippen LogP) is 3.18. The van der Waals surface area contributed by atoms with Gasteiger partial charge in [0.1, 0.15) is 5.82 Å². The predicted molar refractivity (Wildman–Crippen MR) is 79.8 cm³/mol. The van der Waals surface area contributed by atoms with Crippen molar-refractivity contribution >= 4 is 6.03 Å². The molecule has 1 N–H and O–H groups in total. The zero-order valence-corrected chi connectivity index (χ0v) is 13.0. The third kappa shape index (κ3) is 4.18. The van der Waals surface area contributed by atoms with E-state index in [1.54, 1.807) is 0 Å². The van der Waals surface area contributed by atoms with Crippen LogP contribution in [0.25, 0.3) is 0 Å². The number of imidazole rings is 1. The first-order valence-electron chi connectivity index (χ1n) is 7.97. The molecule has 124 valence electrons. The van der Waals surface area contributed by atoms with Gasteiger partial charge in [-0.05, 0) is 19.8 Å². The van der Waals surface area contributed by atoms with Gasteiger partial charge in [-0.25, -0.2) is 9.78 Å². The first kappa shape index (κ1) is 16.7. The quantitative estimate of drug-likeness (QED) is 0.876. The summed E-state index contributed by atoms with van der Waals surface area (Å²) in [6.45, 7) is 0.355. The summed E-state index contributed by atoms with van der Waals surface area (Å²) < 4.78 is 26.2. The molecule has 0 atom stereocenters. The van der Waals surface area contributed by atoms with Crippen molar-refractivity contribution in [3.63, 3.8) is 0 Å². The smallest absolute Gasteiger partial charge is 0.319 e. The minimum Gasteiger partial charge on any atom is -0.338 e. The van der Waals surface area contributed by atoms with E-state index in [0.29, 0.717) is 25.6 Å². The fraction of sp³-hybridized carbons (Fsp3) is 0.733. The molecular formula is C15H24F2N4O. The largest absolute Gasteiger partial charge is 0.338 e. The molecule has 0 radical (unpaired) electrons. The van der Waals surface area contributed by atoms with Gasteiger partial charge in [0.15, 0.2) is 0 Å². The van der Waals surface area contributed by atoms with Crippen LogP contribution in [0.5, 0.6) is 0 Å². The monoisotopic (exact) mass is 314 g/mol. The summed E-state index contributed by atoms with van der Waals surface area (Å²) in [6, 6.07) is 0.200. The van der Waals surface area contributed by atoms with Gasteiger partial charge in [0.25, 0.3) is 0 Å². The van der Waals surface area contributed by atoms with E-state index in [0.717, 1.165) is 17.4 Å². The van der Waals surface area contributed by atoms with Gasteiger partial charge >= 0.3 is 12.6 Å². The highest BCUT2D eigenvalue weighted by Crippen LogP contribution is 2.22. The van der Waals surface area contributed by atoms with Gasteiger partial charge in [-0.3, -0.25) is 4.57 Å². The van der Waals surface area contributed by atoms with Crippen molar-refractivity contribution in [2.24, 2.45) is 0 Å². The Kier molecular flexibility index (Phi) is 6.15. The van der Waals surface area contributed by atoms with Gasteiger partial charge in [0, 0.05) is 37.9 Å². The molecule has 2 rings (SSSR count). The molecule has 22 heavy (non-hydrogen) atoms. The van der Waals surface area contributed by atoms with Gasteiger partial charge in [0.2, 0.25) is 0 Å². The Morgan fingerprint density at radius 1 is 1.45 bits per heavy atom. The highest BCUT2D eigenvalue weighted by Gasteiger charge is 2.23. The Balaban J connectivity index is 1.82. The summed E-state index contributed by atoms with van der Waals surface area (Å²) in [5.41, 5.74) is 0. The number of hydrogen-bond donors (Lipinski definition) is 1. The molecule has 1 saturated carbocycles. The maximum absolute atomic E-state index is 12.7. The van der Waals surface area contributed by atoms with Crippen molar-refractivity contribution in [1.82, 2.24) is 19.8 Å². The van der Waals surface area contributed by atoms with Crippen molar-refractivity contribution in [2.45, 2.75) is 58.0 Å². The lowest BCUT2D eigenvalue weighted by Crippen LogP contribution is -2.47. The lowest BCUT2D eigenvalue weighted by atomic mass is 9.94. The summed E-state index contributed by atoms with van der Waals surface area (Å²) in [6.07, 6.45) is 8.58. The van der Waals surface area contributed by atoms with Crippen molar-refractivity contribution < 1.29 is 13.6 Å². The Morgan fingerprint density at radius 2 is 2.18 bits per heavy atom. The number of carbonyl (C=O) groups is 1. The molecule has 1 heterocycles. The fourth-order valence-electron chi connectivity index (χ4n) is 3.06. The summed E-state index contributed by atoms with van der Waals surface area (Å²) in [4.78, 5) is 18.0. The molecule has 0 saturated heterocycles. The number of carbonyl (C=O) groups excluding carboxylic acids is 1. The van der Waals surface area contributed by atoms with E-state index in [1.807, 2.05) is 11.8 Å². The van der Waals surface area contributed by atoms with Gasteiger partial charge in [-0.15, -0.1) is 0 Å². The summed E-state index contributed by atoms with van der Waals surface area (Å²) in [7, 11) is 0.